The molecule has 0 spiro atoms. The molecular formula is C21H19ClN2S. The standard InChI is InChI=1S/C21H19ClN2S/c1-15-7-5-6-10-19(15)20(16-8-3-2-4-9-16)24-21(25)23-18-13-11-17(22)12-14-18/h2-14,20H,1H3,(H2,23,24,25). The molecule has 0 radical (unpaired) electrons. The molecule has 3 rings (SSSR count). The first kappa shape index (κ1) is 17.5. The van der Waals surface area contributed by atoms with Crippen LogP contribution in [-0.4, -0.2) is 5.11 Å². The summed E-state index contributed by atoms with van der Waals surface area (Å²) in [7, 11) is 0. The van der Waals surface area contributed by atoms with E-state index in [-0.39, 0.29) is 6.04 Å². The zero-order valence-corrected chi connectivity index (χ0v) is 15.4. The first-order chi connectivity index (χ1) is 12.1. The highest BCUT2D eigenvalue weighted by Crippen LogP contribution is 2.25. The normalized spacial score (nSPS) is 11.6. The first-order valence-corrected chi connectivity index (χ1v) is 8.85. The second kappa shape index (κ2) is 8.15. The SMILES string of the molecule is Cc1ccccc1C(NC(=S)Nc1ccc(Cl)cc1)c1ccccc1. The van der Waals surface area contributed by atoms with Crippen LogP contribution in [0.25, 0.3) is 0 Å². The van der Waals surface area contributed by atoms with Crippen molar-refractivity contribution in [3.05, 3.63) is 101 Å². The highest BCUT2D eigenvalue weighted by Gasteiger charge is 2.16. The number of nitrogens with one attached hydrogen (secondary N) is 2. The van der Waals surface area contributed by atoms with E-state index in [9.17, 15) is 0 Å². The monoisotopic (exact) mass is 366 g/mol. The van der Waals surface area contributed by atoms with E-state index in [2.05, 4.69) is 47.9 Å². The molecular weight excluding hydrogens is 348 g/mol. The Labute approximate surface area is 158 Å². The molecule has 0 bridgehead atoms. The van der Waals surface area contributed by atoms with Gasteiger partial charge in [0.05, 0.1) is 6.04 Å². The van der Waals surface area contributed by atoms with Crippen molar-refractivity contribution in [2.45, 2.75) is 13.0 Å². The van der Waals surface area contributed by atoms with Crippen LogP contribution in [0, 0.1) is 6.92 Å². The summed E-state index contributed by atoms with van der Waals surface area (Å²) in [5.41, 5.74) is 4.49. The van der Waals surface area contributed by atoms with Crippen molar-refractivity contribution in [2.75, 3.05) is 5.32 Å². The number of hydrogen-bond acceptors (Lipinski definition) is 1. The molecule has 0 amide bonds. The van der Waals surface area contributed by atoms with Gasteiger partial charge in [0, 0.05) is 10.7 Å². The first-order valence-electron chi connectivity index (χ1n) is 8.07. The van der Waals surface area contributed by atoms with E-state index in [1.807, 2.05) is 48.5 Å². The van der Waals surface area contributed by atoms with Crippen LogP contribution in [0.15, 0.2) is 78.9 Å². The van der Waals surface area contributed by atoms with Gasteiger partial charge < -0.3 is 10.6 Å². The van der Waals surface area contributed by atoms with Crippen LogP contribution in [-0.2, 0) is 0 Å². The van der Waals surface area contributed by atoms with Crippen LogP contribution in [0.2, 0.25) is 5.02 Å². The van der Waals surface area contributed by atoms with E-state index in [4.69, 9.17) is 23.8 Å². The Hall–Kier alpha value is -2.36. The quantitative estimate of drug-likeness (QED) is 0.577. The average molecular weight is 367 g/mol. The molecule has 2 N–H and O–H groups in total. The van der Waals surface area contributed by atoms with Gasteiger partial charge in [-0.05, 0) is 60.1 Å². The van der Waals surface area contributed by atoms with E-state index in [0.29, 0.717) is 10.1 Å². The molecule has 0 fully saturated rings. The predicted octanol–water partition coefficient (Wildman–Crippen LogP) is 5.72. The Kier molecular flexibility index (Phi) is 5.69. The number of aryl methyl sites for hydroxylation is 1. The largest absolute Gasteiger partial charge is 0.352 e. The maximum Gasteiger partial charge on any atom is 0.171 e. The fourth-order valence-electron chi connectivity index (χ4n) is 2.73. The molecule has 1 atom stereocenters. The molecule has 0 aromatic heterocycles. The molecule has 0 aliphatic carbocycles. The lowest BCUT2D eigenvalue weighted by molar-refractivity contribution is 0.762. The Morgan fingerprint density at radius 2 is 1.52 bits per heavy atom. The van der Waals surface area contributed by atoms with Crippen LogP contribution in [0.3, 0.4) is 0 Å². The van der Waals surface area contributed by atoms with Crippen LogP contribution in [0.4, 0.5) is 5.69 Å². The summed E-state index contributed by atoms with van der Waals surface area (Å²) in [5, 5.41) is 7.93. The van der Waals surface area contributed by atoms with Gasteiger partial charge in [-0.2, -0.15) is 0 Å². The second-order valence-corrected chi connectivity index (χ2v) is 6.65. The van der Waals surface area contributed by atoms with Crippen LogP contribution in [0.1, 0.15) is 22.7 Å². The maximum atomic E-state index is 5.93. The molecule has 1 unspecified atom stereocenters. The van der Waals surface area contributed by atoms with E-state index in [1.165, 1.54) is 11.1 Å². The Bertz CT molecular complexity index is 847. The number of hydrogen-bond donors (Lipinski definition) is 2. The van der Waals surface area contributed by atoms with Gasteiger partial charge >= 0.3 is 0 Å². The van der Waals surface area contributed by atoms with Gasteiger partial charge in [-0.1, -0.05) is 66.2 Å². The van der Waals surface area contributed by atoms with Crippen molar-refractivity contribution >= 4 is 34.6 Å². The van der Waals surface area contributed by atoms with E-state index in [0.717, 1.165) is 11.3 Å². The molecule has 0 heterocycles. The van der Waals surface area contributed by atoms with Gasteiger partial charge in [0.2, 0.25) is 0 Å². The van der Waals surface area contributed by atoms with Crippen molar-refractivity contribution < 1.29 is 0 Å². The number of benzene rings is 3. The molecule has 3 aromatic carbocycles. The minimum atomic E-state index is -0.0188. The van der Waals surface area contributed by atoms with Crippen molar-refractivity contribution in [1.82, 2.24) is 5.32 Å². The third-order valence-electron chi connectivity index (χ3n) is 4.01. The Balaban J connectivity index is 1.84. The fourth-order valence-corrected chi connectivity index (χ4v) is 3.09. The second-order valence-electron chi connectivity index (χ2n) is 5.81. The van der Waals surface area contributed by atoms with E-state index >= 15 is 0 Å². The van der Waals surface area contributed by atoms with E-state index in [1.54, 1.807) is 0 Å². The lowest BCUT2D eigenvalue weighted by Gasteiger charge is -2.23. The third-order valence-corrected chi connectivity index (χ3v) is 4.48. The van der Waals surface area contributed by atoms with Crippen LogP contribution >= 0.6 is 23.8 Å². The molecule has 0 aliphatic heterocycles. The summed E-state index contributed by atoms with van der Waals surface area (Å²) in [6.45, 7) is 2.11. The maximum absolute atomic E-state index is 5.93. The summed E-state index contributed by atoms with van der Waals surface area (Å²) in [5.74, 6) is 0. The van der Waals surface area contributed by atoms with Crippen LogP contribution in [0.5, 0.6) is 0 Å². The minimum absolute atomic E-state index is 0.0188. The van der Waals surface area contributed by atoms with Gasteiger partial charge in [0.1, 0.15) is 0 Å². The Morgan fingerprint density at radius 3 is 2.20 bits per heavy atom. The molecule has 0 saturated heterocycles. The zero-order chi connectivity index (χ0) is 17.6. The number of thiocarbonyl (C=S) groups is 1. The third kappa shape index (κ3) is 4.59. The van der Waals surface area contributed by atoms with Crippen LogP contribution < -0.4 is 10.6 Å². The molecule has 0 aliphatic rings. The summed E-state index contributed by atoms with van der Waals surface area (Å²) >= 11 is 11.5. The number of halogens is 1. The van der Waals surface area contributed by atoms with Crippen molar-refractivity contribution in [2.24, 2.45) is 0 Å². The van der Waals surface area contributed by atoms with Gasteiger partial charge in [0.15, 0.2) is 5.11 Å². The molecule has 2 nitrogen and oxygen atoms in total. The molecule has 4 heteroatoms. The predicted molar refractivity (Wildman–Crippen MR) is 110 cm³/mol. The van der Waals surface area contributed by atoms with Gasteiger partial charge in [-0.15, -0.1) is 0 Å². The molecule has 3 aromatic rings. The molecule has 25 heavy (non-hydrogen) atoms. The highest BCUT2D eigenvalue weighted by atomic mass is 35.5. The Morgan fingerprint density at radius 1 is 0.880 bits per heavy atom. The highest BCUT2D eigenvalue weighted by molar-refractivity contribution is 7.80. The van der Waals surface area contributed by atoms with Gasteiger partial charge in [-0.25, -0.2) is 0 Å². The lowest BCUT2D eigenvalue weighted by atomic mass is 9.95. The van der Waals surface area contributed by atoms with Crippen molar-refractivity contribution in [3.8, 4) is 0 Å². The van der Waals surface area contributed by atoms with Gasteiger partial charge in [0.25, 0.3) is 0 Å². The average Bonchev–Trinajstić information content (AvgIpc) is 2.63. The lowest BCUT2D eigenvalue weighted by Crippen LogP contribution is -2.33. The van der Waals surface area contributed by atoms with Gasteiger partial charge in [-0.3, -0.25) is 0 Å². The smallest absolute Gasteiger partial charge is 0.171 e. The fraction of sp³-hybridized carbons (Fsp3) is 0.0952. The summed E-state index contributed by atoms with van der Waals surface area (Å²) < 4.78 is 0. The van der Waals surface area contributed by atoms with E-state index < -0.39 is 0 Å². The summed E-state index contributed by atoms with van der Waals surface area (Å²) in [6, 6.07) is 26.1. The summed E-state index contributed by atoms with van der Waals surface area (Å²) in [4.78, 5) is 0. The minimum Gasteiger partial charge on any atom is -0.352 e. The summed E-state index contributed by atoms with van der Waals surface area (Å²) in [6.07, 6.45) is 0. The number of anilines is 1. The zero-order valence-electron chi connectivity index (χ0n) is 13.9. The van der Waals surface area contributed by atoms with Crippen molar-refractivity contribution in [1.29, 1.82) is 0 Å². The topological polar surface area (TPSA) is 24.1 Å². The molecule has 126 valence electrons. The van der Waals surface area contributed by atoms with Crippen molar-refractivity contribution in [3.63, 3.8) is 0 Å². The number of rotatable bonds is 4. The molecule has 0 saturated carbocycles.